The van der Waals surface area contributed by atoms with E-state index in [1.807, 2.05) is 41.1 Å². The highest BCUT2D eigenvalue weighted by Gasteiger charge is 2.03. The second kappa shape index (κ2) is 5.50. The predicted molar refractivity (Wildman–Crippen MR) is 70.7 cm³/mol. The summed E-state index contributed by atoms with van der Waals surface area (Å²) in [5, 5.41) is 6.92. The zero-order valence-corrected chi connectivity index (χ0v) is 10.2. The molecule has 3 nitrogen and oxygen atoms in total. The molecule has 1 heterocycles. The van der Waals surface area contributed by atoms with Crippen molar-refractivity contribution in [3.05, 3.63) is 52.2 Å². The van der Waals surface area contributed by atoms with Crippen LogP contribution in [0.2, 0.25) is 0 Å². The zero-order chi connectivity index (χ0) is 12.1. The van der Waals surface area contributed by atoms with Gasteiger partial charge in [0, 0.05) is 12.2 Å². The minimum Gasteiger partial charge on any atom is -0.399 e. The van der Waals surface area contributed by atoms with Crippen molar-refractivity contribution in [2.24, 2.45) is 0 Å². The van der Waals surface area contributed by atoms with Crippen LogP contribution in [0.15, 0.2) is 41.1 Å². The quantitative estimate of drug-likeness (QED) is 0.812. The van der Waals surface area contributed by atoms with Gasteiger partial charge in [0.2, 0.25) is 5.91 Å². The van der Waals surface area contributed by atoms with Gasteiger partial charge in [0.05, 0.1) is 6.42 Å². The SMILES string of the molecule is Nc1ccc(CC(=O)NCc2ccsc2)cc1. The maximum absolute atomic E-state index is 11.7. The van der Waals surface area contributed by atoms with Gasteiger partial charge in [-0.25, -0.2) is 0 Å². The summed E-state index contributed by atoms with van der Waals surface area (Å²) < 4.78 is 0. The van der Waals surface area contributed by atoms with Crippen LogP contribution >= 0.6 is 11.3 Å². The average Bonchev–Trinajstić information content (AvgIpc) is 2.83. The summed E-state index contributed by atoms with van der Waals surface area (Å²) in [6.07, 6.45) is 0.393. The van der Waals surface area contributed by atoms with Crippen LogP contribution in [-0.2, 0) is 17.8 Å². The number of hydrogen-bond acceptors (Lipinski definition) is 3. The minimum atomic E-state index is 0.0287. The van der Waals surface area contributed by atoms with Crippen LogP contribution in [0.1, 0.15) is 11.1 Å². The molecule has 4 heteroatoms. The summed E-state index contributed by atoms with van der Waals surface area (Å²) in [4.78, 5) is 11.7. The molecular formula is C13H14N2OS. The van der Waals surface area contributed by atoms with Crippen LogP contribution in [-0.4, -0.2) is 5.91 Å². The first kappa shape index (κ1) is 11.7. The lowest BCUT2D eigenvalue weighted by atomic mass is 10.1. The van der Waals surface area contributed by atoms with Gasteiger partial charge in [-0.15, -0.1) is 0 Å². The predicted octanol–water partition coefficient (Wildman–Crippen LogP) is 2.19. The molecule has 0 fully saturated rings. The largest absolute Gasteiger partial charge is 0.399 e. The van der Waals surface area contributed by atoms with Gasteiger partial charge in [0.15, 0.2) is 0 Å². The lowest BCUT2D eigenvalue weighted by Crippen LogP contribution is -2.24. The van der Waals surface area contributed by atoms with E-state index in [-0.39, 0.29) is 5.91 Å². The van der Waals surface area contributed by atoms with E-state index in [9.17, 15) is 4.79 Å². The molecule has 2 rings (SSSR count). The minimum absolute atomic E-state index is 0.0287. The number of thiophene rings is 1. The number of nitrogens with one attached hydrogen (secondary N) is 1. The molecule has 1 aromatic heterocycles. The Morgan fingerprint density at radius 1 is 1.18 bits per heavy atom. The van der Waals surface area contributed by atoms with Crippen molar-refractivity contribution in [1.29, 1.82) is 0 Å². The topological polar surface area (TPSA) is 55.1 Å². The molecule has 0 bridgehead atoms. The standard InChI is InChI=1S/C13H14N2OS/c14-12-3-1-10(2-4-12)7-13(16)15-8-11-5-6-17-9-11/h1-6,9H,7-8,14H2,(H,15,16). The Balaban J connectivity index is 1.83. The molecule has 0 atom stereocenters. The summed E-state index contributed by atoms with van der Waals surface area (Å²) in [5.41, 5.74) is 8.41. The van der Waals surface area contributed by atoms with Crippen LogP contribution in [0.4, 0.5) is 5.69 Å². The molecule has 88 valence electrons. The maximum Gasteiger partial charge on any atom is 0.224 e. The first-order valence-corrected chi connectivity index (χ1v) is 6.30. The van der Waals surface area contributed by atoms with E-state index in [0.717, 1.165) is 11.1 Å². The fraction of sp³-hybridized carbons (Fsp3) is 0.154. The number of nitrogen functional groups attached to an aromatic ring is 1. The van der Waals surface area contributed by atoms with E-state index in [1.54, 1.807) is 11.3 Å². The van der Waals surface area contributed by atoms with Crippen molar-refractivity contribution < 1.29 is 4.79 Å². The van der Waals surface area contributed by atoms with Crippen molar-refractivity contribution in [1.82, 2.24) is 5.32 Å². The summed E-state index contributed by atoms with van der Waals surface area (Å²) in [5.74, 6) is 0.0287. The molecule has 17 heavy (non-hydrogen) atoms. The van der Waals surface area contributed by atoms with E-state index in [2.05, 4.69) is 5.32 Å². The van der Waals surface area contributed by atoms with Gasteiger partial charge in [-0.1, -0.05) is 12.1 Å². The fourth-order valence-electron chi connectivity index (χ4n) is 1.48. The Hall–Kier alpha value is -1.81. The van der Waals surface area contributed by atoms with Crippen LogP contribution < -0.4 is 11.1 Å². The van der Waals surface area contributed by atoms with Crippen LogP contribution in [0.5, 0.6) is 0 Å². The molecule has 0 unspecified atom stereocenters. The molecule has 0 aliphatic rings. The molecule has 0 aliphatic carbocycles. The molecule has 2 aromatic rings. The molecule has 1 amide bonds. The van der Waals surface area contributed by atoms with Gasteiger partial charge in [-0.05, 0) is 40.1 Å². The van der Waals surface area contributed by atoms with Gasteiger partial charge in [0.1, 0.15) is 0 Å². The molecule has 1 aromatic carbocycles. The summed E-state index contributed by atoms with van der Waals surface area (Å²) >= 11 is 1.63. The van der Waals surface area contributed by atoms with E-state index >= 15 is 0 Å². The van der Waals surface area contributed by atoms with E-state index in [1.165, 1.54) is 0 Å². The average molecular weight is 246 g/mol. The smallest absolute Gasteiger partial charge is 0.224 e. The van der Waals surface area contributed by atoms with Crippen LogP contribution in [0, 0.1) is 0 Å². The van der Waals surface area contributed by atoms with E-state index in [4.69, 9.17) is 5.73 Å². The van der Waals surface area contributed by atoms with Gasteiger partial charge >= 0.3 is 0 Å². The van der Waals surface area contributed by atoms with Crippen molar-refractivity contribution in [2.75, 3.05) is 5.73 Å². The van der Waals surface area contributed by atoms with Crippen molar-refractivity contribution in [3.63, 3.8) is 0 Å². The first-order chi connectivity index (χ1) is 8.24. The highest BCUT2D eigenvalue weighted by molar-refractivity contribution is 7.07. The number of rotatable bonds is 4. The Morgan fingerprint density at radius 2 is 1.94 bits per heavy atom. The highest BCUT2D eigenvalue weighted by atomic mass is 32.1. The lowest BCUT2D eigenvalue weighted by Gasteiger charge is -2.04. The third kappa shape index (κ3) is 3.60. The summed E-state index contributed by atoms with van der Waals surface area (Å²) in [7, 11) is 0. The number of carbonyl (C=O) groups excluding carboxylic acids is 1. The second-order valence-electron chi connectivity index (χ2n) is 3.83. The van der Waals surface area contributed by atoms with Gasteiger partial charge in [-0.2, -0.15) is 11.3 Å². The number of carbonyl (C=O) groups is 1. The summed E-state index contributed by atoms with van der Waals surface area (Å²) in [6, 6.07) is 9.37. The van der Waals surface area contributed by atoms with E-state index in [0.29, 0.717) is 18.7 Å². The Morgan fingerprint density at radius 3 is 2.59 bits per heavy atom. The molecule has 0 radical (unpaired) electrons. The zero-order valence-electron chi connectivity index (χ0n) is 9.35. The number of benzene rings is 1. The fourth-order valence-corrected chi connectivity index (χ4v) is 2.15. The van der Waals surface area contributed by atoms with Crippen molar-refractivity contribution >= 4 is 22.9 Å². The first-order valence-electron chi connectivity index (χ1n) is 5.36. The molecule has 0 saturated carbocycles. The molecule has 0 aliphatic heterocycles. The highest BCUT2D eigenvalue weighted by Crippen LogP contribution is 2.07. The van der Waals surface area contributed by atoms with Gasteiger partial charge < -0.3 is 11.1 Å². The number of hydrogen-bond donors (Lipinski definition) is 2. The van der Waals surface area contributed by atoms with Gasteiger partial charge in [0.25, 0.3) is 0 Å². The number of anilines is 1. The van der Waals surface area contributed by atoms with Crippen molar-refractivity contribution in [2.45, 2.75) is 13.0 Å². The number of nitrogens with two attached hydrogens (primary N) is 1. The second-order valence-corrected chi connectivity index (χ2v) is 4.61. The molecular weight excluding hydrogens is 232 g/mol. The third-order valence-electron chi connectivity index (χ3n) is 2.41. The van der Waals surface area contributed by atoms with E-state index < -0.39 is 0 Å². The molecule has 3 N–H and O–H groups in total. The van der Waals surface area contributed by atoms with Crippen molar-refractivity contribution in [3.8, 4) is 0 Å². The third-order valence-corrected chi connectivity index (χ3v) is 3.15. The van der Waals surface area contributed by atoms with Crippen LogP contribution in [0.3, 0.4) is 0 Å². The monoisotopic (exact) mass is 246 g/mol. The normalized spacial score (nSPS) is 10.1. The maximum atomic E-state index is 11.7. The Labute approximate surface area is 104 Å². The Bertz CT molecular complexity index is 477. The van der Waals surface area contributed by atoms with Crippen LogP contribution in [0.25, 0.3) is 0 Å². The Kier molecular flexibility index (Phi) is 3.77. The number of amides is 1. The molecule has 0 saturated heterocycles. The lowest BCUT2D eigenvalue weighted by molar-refractivity contribution is -0.120. The summed E-state index contributed by atoms with van der Waals surface area (Å²) in [6.45, 7) is 0.595. The molecule has 0 spiro atoms. The van der Waals surface area contributed by atoms with Gasteiger partial charge in [-0.3, -0.25) is 4.79 Å².